The Morgan fingerprint density at radius 1 is 1.00 bits per heavy atom. The highest BCUT2D eigenvalue weighted by atomic mass is 19.4. The molecule has 2 heterocycles. The number of anilines is 1. The first-order chi connectivity index (χ1) is 17.8. The summed E-state index contributed by atoms with van der Waals surface area (Å²) in [5.74, 6) is -0.502. The number of carbonyl (C=O) groups excluding carboxylic acids is 1. The van der Waals surface area contributed by atoms with Gasteiger partial charge in [0, 0.05) is 29.4 Å². The van der Waals surface area contributed by atoms with E-state index in [1.807, 2.05) is 35.6 Å². The number of hydrogen-bond donors (Lipinski definition) is 1. The van der Waals surface area contributed by atoms with E-state index in [0.29, 0.717) is 34.7 Å². The van der Waals surface area contributed by atoms with Crippen molar-refractivity contribution in [3.05, 3.63) is 90.0 Å². The molecule has 1 aliphatic heterocycles. The minimum absolute atomic E-state index is 0.00838. The SMILES string of the molecule is N#Cc1c(-c2ccc(Oc3ccccc3)cc2)nn2c1N=CCC2c1ccccc1NC(=O)C(F)(F)F. The van der Waals surface area contributed by atoms with E-state index in [4.69, 9.17) is 4.74 Å². The number of para-hydroxylation sites is 2. The van der Waals surface area contributed by atoms with Crippen molar-refractivity contribution < 1.29 is 22.7 Å². The number of hydrogen-bond acceptors (Lipinski definition) is 5. The number of ether oxygens (including phenoxy) is 1. The molecule has 4 aromatic rings. The van der Waals surface area contributed by atoms with Crippen LogP contribution in [-0.4, -0.2) is 28.1 Å². The molecule has 1 aliphatic rings. The normalized spacial score (nSPS) is 14.5. The van der Waals surface area contributed by atoms with Crippen LogP contribution in [0.15, 0.2) is 83.9 Å². The van der Waals surface area contributed by atoms with Gasteiger partial charge in [0.05, 0.1) is 6.04 Å². The van der Waals surface area contributed by atoms with E-state index in [0.717, 1.165) is 0 Å². The second-order valence-corrected chi connectivity index (χ2v) is 8.15. The summed E-state index contributed by atoms with van der Waals surface area (Å²) < 4.78 is 46.0. The van der Waals surface area contributed by atoms with E-state index in [-0.39, 0.29) is 17.1 Å². The second kappa shape index (κ2) is 9.62. The van der Waals surface area contributed by atoms with Gasteiger partial charge in [-0.3, -0.25) is 4.79 Å². The van der Waals surface area contributed by atoms with Gasteiger partial charge in [-0.2, -0.15) is 23.5 Å². The number of alkyl halides is 3. The first-order valence-corrected chi connectivity index (χ1v) is 11.2. The maximum atomic E-state index is 12.9. The van der Waals surface area contributed by atoms with Gasteiger partial charge in [0.1, 0.15) is 28.8 Å². The number of nitriles is 1. The molecule has 0 aliphatic carbocycles. The summed E-state index contributed by atoms with van der Waals surface area (Å²) in [6.45, 7) is 0. The Kier molecular flexibility index (Phi) is 6.19. The number of amides is 1. The van der Waals surface area contributed by atoms with Gasteiger partial charge < -0.3 is 10.1 Å². The molecule has 10 heteroatoms. The molecular formula is C27H18F3N5O2. The Morgan fingerprint density at radius 3 is 2.38 bits per heavy atom. The van der Waals surface area contributed by atoms with Gasteiger partial charge in [0.15, 0.2) is 5.82 Å². The van der Waals surface area contributed by atoms with Crippen LogP contribution in [0, 0.1) is 11.3 Å². The standard InChI is InChI=1S/C27H18F3N5O2/c28-27(29,30)26(36)33-22-9-5-4-8-20(22)23-14-15-32-25-21(16-31)24(34-35(23)25)17-10-12-19(13-11-17)37-18-6-2-1-3-7-18/h1-13,15,23H,14H2,(H,33,36). The molecule has 0 saturated carbocycles. The van der Waals surface area contributed by atoms with Crippen LogP contribution in [0.4, 0.5) is 24.7 Å². The lowest BCUT2D eigenvalue weighted by atomic mass is 10.0. The molecular weight excluding hydrogens is 483 g/mol. The third kappa shape index (κ3) is 4.79. The van der Waals surface area contributed by atoms with Crippen molar-refractivity contribution in [2.24, 2.45) is 4.99 Å². The summed E-state index contributed by atoms with van der Waals surface area (Å²) in [4.78, 5) is 16.0. The molecule has 0 spiro atoms. The summed E-state index contributed by atoms with van der Waals surface area (Å²) in [6.07, 6.45) is -3.14. The third-order valence-electron chi connectivity index (χ3n) is 5.77. The highest BCUT2D eigenvalue weighted by Gasteiger charge is 2.39. The Morgan fingerprint density at radius 2 is 1.68 bits per heavy atom. The van der Waals surface area contributed by atoms with Crippen molar-refractivity contribution in [2.75, 3.05) is 5.32 Å². The molecule has 0 bridgehead atoms. The fourth-order valence-electron chi connectivity index (χ4n) is 4.07. The largest absolute Gasteiger partial charge is 0.471 e. The van der Waals surface area contributed by atoms with E-state index in [1.165, 1.54) is 16.8 Å². The first-order valence-electron chi connectivity index (χ1n) is 11.2. The minimum atomic E-state index is -5.03. The molecule has 0 saturated heterocycles. The number of aromatic nitrogens is 2. The van der Waals surface area contributed by atoms with Gasteiger partial charge >= 0.3 is 12.1 Å². The van der Waals surface area contributed by atoms with Gasteiger partial charge in [-0.1, -0.05) is 36.4 Å². The van der Waals surface area contributed by atoms with Crippen molar-refractivity contribution in [1.29, 1.82) is 5.26 Å². The Bertz CT molecular complexity index is 1520. The molecule has 1 aromatic heterocycles. The molecule has 1 unspecified atom stereocenters. The Hall–Kier alpha value is -4.91. The predicted molar refractivity (Wildman–Crippen MR) is 131 cm³/mol. The Balaban J connectivity index is 1.49. The van der Waals surface area contributed by atoms with Crippen molar-refractivity contribution >= 4 is 23.6 Å². The molecule has 1 amide bonds. The van der Waals surface area contributed by atoms with E-state index < -0.39 is 18.1 Å². The summed E-state index contributed by atoms with van der Waals surface area (Å²) in [5, 5.41) is 16.5. The van der Waals surface area contributed by atoms with E-state index in [1.54, 1.807) is 42.6 Å². The fraction of sp³-hybridized carbons (Fsp3) is 0.111. The summed E-state index contributed by atoms with van der Waals surface area (Å²) in [5.41, 5.74) is 1.68. The maximum Gasteiger partial charge on any atom is 0.471 e. The zero-order chi connectivity index (χ0) is 26.0. The molecule has 5 rings (SSSR count). The van der Waals surface area contributed by atoms with Crippen LogP contribution in [0.1, 0.15) is 23.6 Å². The molecule has 1 atom stereocenters. The lowest BCUT2D eigenvalue weighted by molar-refractivity contribution is -0.167. The molecule has 37 heavy (non-hydrogen) atoms. The van der Waals surface area contributed by atoms with Crippen molar-refractivity contribution in [2.45, 2.75) is 18.6 Å². The first kappa shape index (κ1) is 23.8. The number of fused-ring (bicyclic) bond motifs is 1. The maximum absolute atomic E-state index is 12.9. The van der Waals surface area contributed by atoms with Crippen LogP contribution < -0.4 is 10.1 Å². The zero-order valence-corrected chi connectivity index (χ0v) is 19.1. The van der Waals surface area contributed by atoms with Crippen molar-refractivity contribution in [3.63, 3.8) is 0 Å². The van der Waals surface area contributed by atoms with Crippen molar-refractivity contribution in [1.82, 2.24) is 9.78 Å². The van der Waals surface area contributed by atoms with Crippen LogP contribution in [0.5, 0.6) is 11.5 Å². The summed E-state index contributed by atoms with van der Waals surface area (Å²) >= 11 is 0. The van der Waals surface area contributed by atoms with Gasteiger partial charge in [-0.25, -0.2) is 9.67 Å². The van der Waals surface area contributed by atoms with Crippen molar-refractivity contribution in [3.8, 4) is 28.8 Å². The van der Waals surface area contributed by atoms with Crippen LogP contribution in [0.2, 0.25) is 0 Å². The summed E-state index contributed by atoms with van der Waals surface area (Å²) in [7, 11) is 0. The van der Waals surface area contributed by atoms with E-state index in [2.05, 4.69) is 16.2 Å². The Labute approximate surface area is 209 Å². The smallest absolute Gasteiger partial charge is 0.457 e. The van der Waals surface area contributed by atoms with Crippen LogP contribution >= 0.6 is 0 Å². The average molecular weight is 501 g/mol. The third-order valence-corrected chi connectivity index (χ3v) is 5.77. The monoisotopic (exact) mass is 501 g/mol. The van der Waals surface area contributed by atoms with Gasteiger partial charge in [-0.05, 0) is 42.5 Å². The van der Waals surface area contributed by atoms with Crippen LogP contribution in [0.25, 0.3) is 11.3 Å². The highest BCUT2D eigenvalue weighted by Crippen LogP contribution is 2.40. The number of nitrogens with zero attached hydrogens (tertiary/aromatic N) is 4. The predicted octanol–water partition coefficient (Wildman–Crippen LogP) is 6.41. The molecule has 1 N–H and O–H groups in total. The summed E-state index contributed by atoms with van der Waals surface area (Å²) in [6, 6.07) is 24.1. The molecule has 0 radical (unpaired) electrons. The quantitative estimate of drug-likeness (QED) is 0.342. The zero-order valence-electron chi connectivity index (χ0n) is 19.1. The van der Waals surface area contributed by atoms with Crippen LogP contribution in [-0.2, 0) is 4.79 Å². The number of nitrogens with one attached hydrogen (secondary N) is 1. The van der Waals surface area contributed by atoms with Crippen LogP contribution in [0.3, 0.4) is 0 Å². The van der Waals surface area contributed by atoms with Gasteiger partial charge in [0.25, 0.3) is 0 Å². The average Bonchev–Trinajstić information content (AvgIpc) is 3.28. The number of rotatable bonds is 5. The molecule has 7 nitrogen and oxygen atoms in total. The lowest BCUT2D eigenvalue weighted by Gasteiger charge is -2.23. The number of halogens is 3. The van der Waals surface area contributed by atoms with E-state index in [9.17, 15) is 23.2 Å². The van der Waals surface area contributed by atoms with E-state index >= 15 is 0 Å². The molecule has 184 valence electrons. The molecule has 0 fully saturated rings. The number of carbonyl (C=O) groups is 1. The molecule has 3 aromatic carbocycles. The second-order valence-electron chi connectivity index (χ2n) is 8.15. The highest BCUT2D eigenvalue weighted by molar-refractivity contribution is 5.95. The van der Waals surface area contributed by atoms with Gasteiger partial charge in [-0.15, -0.1) is 0 Å². The topological polar surface area (TPSA) is 92.3 Å². The van der Waals surface area contributed by atoms with Gasteiger partial charge in [0.2, 0.25) is 0 Å². The number of benzene rings is 3. The fourth-order valence-corrected chi connectivity index (χ4v) is 4.07. The minimum Gasteiger partial charge on any atom is -0.457 e. The lowest BCUT2D eigenvalue weighted by Crippen LogP contribution is -2.30. The number of aliphatic imine (C=N–C) groups is 1.